The van der Waals surface area contributed by atoms with E-state index in [4.69, 9.17) is 13.0 Å². The fraction of sp³-hybridized carbons (Fsp3) is 1.00. The zero-order valence-corrected chi connectivity index (χ0v) is 17.6. The van der Waals surface area contributed by atoms with Crippen LogP contribution in [0, 0.1) is 0 Å². The second kappa shape index (κ2) is 8.21. The fourth-order valence-electron chi connectivity index (χ4n) is 2.14. The van der Waals surface area contributed by atoms with Gasteiger partial charge >= 0.3 is 8.56 Å². The van der Waals surface area contributed by atoms with Gasteiger partial charge in [-0.25, -0.2) is 0 Å². The van der Waals surface area contributed by atoms with Crippen LogP contribution in [-0.2, 0) is 13.0 Å². The first-order chi connectivity index (χ1) is 8.89. The summed E-state index contributed by atoms with van der Waals surface area (Å²) in [5.41, 5.74) is 0. The van der Waals surface area contributed by atoms with Crippen molar-refractivity contribution in [2.75, 3.05) is 12.8 Å². The van der Waals surface area contributed by atoms with Crippen molar-refractivity contribution >= 4 is 25.2 Å². The van der Waals surface area contributed by atoms with Gasteiger partial charge in [0.2, 0.25) is 0 Å². The Morgan fingerprint density at radius 2 is 1.40 bits per heavy atom. The van der Waals surface area contributed by atoms with Crippen molar-refractivity contribution in [3.8, 4) is 0 Å². The van der Waals surface area contributed by atoms with E-state index in [0.29, 0.717) is 12.8 Å². The van der Waals surface area contributed by atoms with E-state index in [2.05, 4.69) is 46.2 Å². The molecule has 0 fully saturated rings. The third-order valence-electron chi connectivity index (χ3n) is 2.30. The molecular weight excluding hydrogens is 304 g/mol. The Bertz CT molecular complexity index is 256. The number of aliphatic hydroxyl groups excluding tert-OH is 1. The summed E-state index contributed by atoms with van der Waals surface area (Å²) in [7, 11) is -5.72. The second-order valence-electron chi connectivity index (χ2n) is 7.45. The maximum Gasteiger partial charge on any atom is 0.344 e. The number of hydrogen-bond donors (Lipinski definition) is 1. The van der Waals surface area contributed by atoms with Gasteiger partial charge in [0.15, 0.2) is 16.6 Å². The van der Waals surface area contributed by atoms with Gasteiger partial charge in [-0.2, -0.15) is 0 Å². The van der Waals surface area contributed by atoms with Crippen LogP contribution in [0.2, 0.25) is 45.3 Å². The average molecular weight is 339 g/mol. The molecule has 0 bridgehead atoms. The van der Waals surface area contributed by atoms with Gasteiger partial charge in [-0.15, -0.1) is 0 Å². The molecular formula is C13H34O4Si3. The van der Waals surface area contributed by atoms with E-state index < -0.39 is 31.3 Å². The lowest BCUT2D eigenvalue weighted by Gasteiger charge is -2.40. The molecule has 0 amide bonds. The molecule has 0 radical (unpaired) electrons. The SMILES string of the molecule is CCC[Si](COCC(C)O)(O[Si](C)(C)C)O[Si](C)(C)C. The standard InChI is InChI=1S/C13H34O4Si3/c1-9-10-20(16-18(3,4)5,17-19(6,7)8)12-15-11-13(2)14/h13-14H,9-12H2,1-8H3. The summed E-state index contributed by atoms with van der Waals surface area (Å²) in [6, 6.07) is 0.960. The van der Waals surface area contributed by atoms with Crippen LogP contribution in [0.5, 0.6) is 0 Å². The summed E-state index contributed by atoms with van der Waals surface area (Å²) in [5.74, 6) is 0. The van der Waals surface area contributed by atoms with Gasteiger partial charge in [0.25, 0.3) is 0 Å². The van der Waals surface area contributed by atoms with Gasteiger partial charge < -0.3 is 18.1 Å². The molecule has 0 aliphatic carbocycles. The molecule has 0 saturated heterocycles. The van der Waals surface area contributed by atoms with Crippen LogP contribution in [-0.4, -0.2) is 49.2 Å². The van der Waals surface area contributed by atoms with Gasteiger partial charge in [0, 0.05) is 0 Å². The van der Waals surface area contributed by atoms with Crippen LogP contribution in [0.15, 0.2) is 0 Å². The molecule has 0 aliphatic heterocycles. The van der Waals surface area contributed by atoms with Gasteiger partial charge in [0.05, 0.1) is 18.9 Å². The van der Waals surface area contributed by atoms with Gasteiger partial charge in [-0.3, -0.25) is 0 Å². The molecule has 0 heterocycles. The number of aliphatic hydroxyl groups is 1. The Morgan fingerprint density at radius 1 is 0.950 bits per heavy atom. The Balaban J connectivity index is 5.01. The summed E-state index contributed by atoms with van der Waals surface area (Å²) < 4.78 is 18.7. The minimum atomic E-state index is -2.34. The first-order valence-electron chi connectivity index (χ1n) is 7.55. The molecule has 0 aliphatic rings. The van der Waals surface area contributed by atoms with E-state index in [9.17, 15) is 5.11 Å². The van der Waals surface area contributed by atoms with Crippen molar-refractivity contribution in [1.82, 2.24) is 0 Å². The van der Waals surface area contributed by atoms with Gasteiger partial charge in [-0.1, -0.05) is 13.3 Å². The Hall–Kier alpha value is 0.491. The summed E-state index contributed by atoms with van der Waals surface area (Å²) in [6.07, 6.45) is 1.13. The molecule has 1 N–H and O–H groups in total. The predicted octanol–water partition coefficient (Wildman–Crippen LogP) is 3.48. The molecule has 1 atom stereocenters. The molecule has 1 unspecified atom stereocenters. The smallest absolute Gasteiger partial charge is 0.344 e. The first-order valence-corrected chi connectivity index (χ1v) is 16.6. The zero-order valence-electron chi connectivity index (χ0n) is 14.6. The lowest BCUT2D eigenvalue weighted by Crippen LogP contribution is -2.58. The van der Waals surface area contributed by atoms with Crippen LogP contribution in [0.3, 0.4) is 0 Å². The number of ether oxygens (including phenoxy) is 1. The molecule has 0 saturated carbocycles. The van der Waals surface area contributed by atoms with Crippen LogP contribution in [0.25, 0.3) is 0 Å². The molecule has 0 aromatic carbocycles. The topological polar surface area (TPSA) is 47.9 Å². The quantitative estimate of drug-likeness (QED) is 0.620. The van der Waals surface area contributed by atoms with E-state index in [-0.39, 0.29) is 0 Å². The molecule has 7 heteroatoms. The monoisotopic (exact) mass is 338 g/mol. The van der Waals surface area contributed by atoms with E-state index in [0.717, 1.165) is 12.5 Å². The highest BCUT2D eigenvalue weighted by Gasteiger charge is 2.44. The maximum atomic E-state index is 9.37. The van der Waals surface area contributed by atoms with Crippen molar-refractivity contribution in [1.29, 1.82) is 0 Å². The van der Waals surface area contributed by atoms with E-state index in [1.807, 2.05) is 0 Å². The Labute approximate surface area is 128 Å². The van der Waals surface area contributed by atoms with E-state index >= 15 is 0 Å². The summed E-state index contributed by atoms with van der Waals surface area (Å²) in [4.78, 5) is 0. The highest BCUT2D eigenvalue weighted by atomic mass is 28.5. The Kier molecular flexibility index (Phi) is 8.41. The third-order valence-corrected chi connectivity index (χ3v) is 12.1. The maximum absolute atomic E-state index is 9.37. The van der Waals surface area contributed by atoms with Crippen molar-refractivity contribution in [2.45, 2.75) is 71.7 Å². The lowest BCUT2D eigenvalue weighted by molar-refractivity contribution is 0.0562. The average Bonchev–Trinajstić information content (AvgIpc) is 2.10. The molecule has 0 aromatic heterocycles. The first kappa shape index (κ1) is 20.5. The second-order valence-corrected chi connectivity index (χ2v) is 20.1. The van der Waals surface area contributed by atoms with Crippen LogP contribution in [0.4, 0.5) is 0 Å². The minimum Gasteiger partial charge on any atom is -0.435 e. The van der Waals surface area contributed by atoms with Crippen LogP contribution < -0.4 is 0 Å². The van der Waals surface area contributed by atoms with Crippen molar-refractivity contribution in [3.05, 3.63) is 0 Å². The summed E-state index contributed by atoms with van der Waals surface area (Å²) in [6.45, 7) is 17.5. The predicted molar refractivity (Wildman–Crippen MR) is 92.2 cm³/mol. The molecule has 0 rings (SSSR count). The van der Waals surface area contributed by atoms with E-state index in [1.54, 1.807) is 6.92 Å². The molecule has 4 nitrogen and oxygen atoms in total. The normalized spacial score (nSPS) is 15.4. The van der Waals surface area contributed by atoms with Crippen LogP contribution in [0.1, 0.15) is 20.3 Å². The molecule has 122 valence electrons. The van der Waals surface area contributed by atoms with Crippen molar-refractivity contribution < 1.29 is 18.1 Å². The lowest BCUT2D eigenvalue weighted by atomic mass is 10.5. The van der Waals surface area contributed by atoms with Crippen LogP contribution >= 0.6 is 0 Å². The Morgan fingerprint density at radius 3 is 1.70 bits per heavy atom. The van der Waals surface area contributed by atoms with Crippen molar-refractivity contribution in [3.63, 3.8) is 0 Å². The van der Waals surface area contributed by atoms with E-state index in [1.165, 1.54) is 0 Å². The largest absolute Gasteiger partial charge is 0.435 e. The summed E-state index contributed by atoms with van der Waals surface area (Å²) in [5, 5.41) is 9.37. The minimum absolute atomic E-state index is 0.350. The summed E-state index contributed by atoms with van der Waals surface area (Å²) >= 11 is 0. The highest BCUT2D eigenvalue weighted by Crippen LogP contribution is 2.26. The number of rotatable bonds is 10. The highest BCUT2D eigenvalue weighted by molar-refractivity contribution is 6.88. The fourth-order valence-corrected chi connectivity index (χ4v) is 14.2. The van der Waals surface area contributed by atoms with Crippen molar-refractivity contribution in [2.24, 2.45) is 0 Å². The van der Waals surface area contributed by atoms with Gasteiger partial charge in [0.1, 0.15) is 0 Å². The number of hydrogen-bond acceptors (Lipinski definition) is 4. The molecule has 20 heavy (non-hydrogen) atoms. The third kappa shape index (κ3) is 10.3. The van der Waals surface area contributed by atoms with Gasteiger partial charge in [-0.05, 0) is 52.2 Å². The molecule has 0 aromatic rings. The zero-order chi connectivity index (χ0) is 16.0. The molecule has 0 spiro atoms.